The van der Waals surface area contributed by atoms with E-state index in [1.807, 2.05) is 0 Å². The highest BCUT2D eigenvalue weighted by Gasteiger charge is 2.20. The highest BCUT2D eigenvalue weighted by molar-refractivity contribution is 5.76. The first-order valence-electron chi connectivity index (χ1n) is 26.3. The summed E-state index contributed by atoms with van der Waals surface area (Å²) in [5, 5.41) is 23.2. The molecule has 0 bridgehead atoms. The lowest BCUT2D eigenvalue weighted by Crippen LogP contribution is -2.45. The predicted octanol–water partition coefficient (Wildman–Crippen LogP) is 15.6. The van der Waals surface area contributed by atoms with Crippen molar-refractivity contribution in [2.24, 2.45) is 0 Å². The first kappa shape index (κ1) is 56.9. The number of aliphatic hydroxyl groups is 2. The van der Waals surface area contributed by atoms with Crippen molar-refractivity contribution in [3.05, 3.63) is 0 Å². The molecule has 0 aromatic heterocycles. The van der Waals surface area contributed by atoms with Crippen LogP contribution in [0.15, 0.2) is 0 Å². The smallest absolute Gasteiger partial charge is 0.305 e. The Morgan fingerprint density at radius 3 is 1.05 bits per heavy atom. The van der Waals surface area contributed by atoms with Gasteiger partial charge in [-0.15, -0.1) is 0 Å². The molecule has 0 saturated carbocycles. The third-order valence-electron chi connectivity index (χ3n) is 12.4. The Balaban J connectivity index is 3.47. The van der Waals surface area contributed by atoms with Crippen LogP contribution in [0.2, 0.25) is 0 Å². The van der Waals surface area contributed by atoms with Gasteiger partial charge in [0.25, 0.3) is 0 Å². The van der Waals surface area contributed by atoms with Crippen LogP contribution >= 0.6 is 0 Å². The molecule has 0 spiro atoms. The minimum Gasteiger partial charge on any atom is -0.466 e. The third kappa shape index (κ3) is 44.4. The van der Waals surface area contributed by atoms with E-state index in [2.05, 4.69) is 19.2 Å². The van der Waals surface area contributed by atoms with Crippen LogP contribution in [0.1, 0.15) is 296 Å². The SMILES string of the molecule is CCCCCCCCCCCCCCCCCCCCC(O)C(CO)NC(=O)CCCCCCCCCCCOC(=O)CCCCCCCCCCCCCCCC. The third-order valence-corrected chi connectivity index (χ3v) is 12.4. The van der Waals surface area contributed by atoms with Crippen LogP contribution in [0.5, 0.6) is 0 Å². The monoisotopic (exact) mass is 822 g/mol. The number of ether oxygens (including phenoxy) is 1. The zero-order valence-electron chi connectivity index (χ0n) is 39.3. The Labute approximate surface area is 362 Å². The summed E-state index contributed by atoms with van der Waals surface area (Å²) in [7, 11) is 0. The van der Waals surface area contributed by atoms with Gasteiger partial charge in [0.15, 0.2) is 0 Å². The van der Waals surface area contributed by atoms with Crippen molar-refractivity contribution in [2.45, 2.75) is 309 Å². The van der Waals surface area contributed by atoms with Gasteiger partial charge in [0.05, 0.1) is 25.4 Å². The van der Waals surface area contributed by atoms with Crippen LogP contribution in [-0.2, 0) is 14.3 Å². The van der Waals surface area contributed by atoms with Crippen molar-refractivity contribution < 1.29 is 24.5 Å². The van der Waals surface area contributed by atoms with Gasteiger partial charge in [-0.2, -0.15) is 0 Å². The maximum absolute atomic E-state index is 12.5. The largest absolute Gasteiger partial charge is 0.466 e. The molecule has 1 amide bonds. The van der Waals surface area contributed by atoms with Gasteiger partial charge in [-0.3, -0.25) is 9.59 Å². The van der Waals surface area contributed by atoms with Gasteiger partial charge < -0.3 is 20.3 Å². The van der Waals surface area contributed by atoms with Gasteiger partial charge in [-0.25, -0.2) is 0 Å². The summed E-state index contributed by atoms with van der Waals surface area (Å²) in [6, 6.07) is -0.560. The van der Waals surface area contributed by atoms with E-state index in [9.17, 15) is 19.8 Å². The van der Waals surface area contributed by atoms with Gasteiger partial charge in [-0.05, 0) is 25.7 Å². The Hall–Kier alpha value is -1.14. The number of nitrogens with one attached hydrogen (secondary N) is 1. The number of esters is 1. The minimum atomic E-state index is -0.680. The molecule has 0 radical (unpaired) electrons. The van der Waals surface area contributed by atoms with Crippen molar-refractivity contribution in [3.8, 4) is 0 Å². The molecular formula is C52H103NO5. The first-order chi connectivity index (χ1) is 28.5. The number of unbranched alkanes of at least 4 members (excludes halogenated alkanes) is 38. The molecule has 2 atom stereocenters. The van der Waals surface area contributed by atoms with Crippen LogP contribution in [0.4, 0.5) is 0 Å². The summed E-state index contributed by atoms with van der Waals surface area (Å²) in [6.07, 6.45) is 53.5. The summed E-state index contributed by atoms with van der Waals surface area (Å²) < 4.78 is 5.45. The predicted molar refractivity (Wildman–Crippen MR) is 250 cm³/mol. The zero-order valence-corrected chi connectivity index (χ0v) is 39.3. The van der Waals surface area contributed by atoms with Crippen LogP contribution in [0, 0.1) is 0 Å². The molecule has 0 saturated heterocycles. The van der Waals surface area contributed by atoms with Gasteiger partial charge in [0.1, 0.15) is 0 Å². The molecule has 0 heterocycles. The molecule has 0 aliphatic rings. The maximum Gasteiger partial charge on any atom is 0.305 e. The van der Waals surface area contributed by atoms with E-state index in [1.165, 1.54) is 205 Å². The van der Waals surface area contributed by atoms with Crippen LogP contribution in [0.25, 0.3) is 0 Å². The molecule has 346 valence electrons. The van der Waals surface area contributed by atoms with Gasteiger partial charge >= 0.3 is 5.97 Å². The molecule has 0 aromatic carbocycles. The second-order valence-electron chi connectivity index (χ2n) is 18.2. The van der Waals surface area contributed by atoms with E-state index in [1.54, 1.807) is 0 Å². The maximum atomic E-state index is 12.5. The summed E-state index contributed by atoms with van der Waals surface area (Å²) >= 11 is 0. The number of carbonyl (C=O) groups is 2. The van der Waals surface area contributed by atoms with E-state index in [0.717, 1.165) is 57.8 Å². The second kappa shape index (κ2) is 48.5. The molecule has 58 heavy (non-hydrogen) atoms. The molecule has 0 aliphatic heterocycles. The lowest BCUT2D eigenvalue weighted by Gasteiger charge is -2.22. The second-order valence-corrected chi connectivity index (χ2v) is 18.2. The Bertz CT molecular complexity index is 822. The van der Waals surface area contributed by atoms with Gasteiger partial charge in [-0.1, -0.05) is 258 Å². The number of rotatable bonds is 49. The minimum absolute atomic E-state index is 0.0217. The van der Waals surface area contributed by atoms with E-state index < -0.39 is 12.1 Å². The van der Waals surface area contributed by atoms with E-state index in [4.69, 9.17) is 4.74 Å². The van der Waals surface area contributed by atoms with Crippen LogP contribution in [0.3, 0.4) is 0 Å². The van der Waals surface area contributed by atoms with E-state index in [-0.39, 0.29) is 18.5 Å². The fourth-order valence-electron chi connectivity index (χ4n) is 8.35. The number of hydrogen-bond acceptors (Lipinski definition) is 5. The molecule has 3 N–H and O–H groups in total. The molecular weight excluding hydrogens is 719 g/mol. The van der Waals surface area contributed by atoms with Crippen molar-refractivity contribution in [1.29, 1.82) is 0 Å². The summed E-state index contributed by atoms with van der Waals surface area (Å²) in [6.45, 7) is 4.91. The number of carbonyl (C=O) groups excluding carboxylic acids is 2. The summed E-state index contributed by atoms with van der Waals surface area (Å²) in [4.78, 5) is 24.5. The van der Waals surface area contributed by atoms with Gasteiger partial charge in [0.2, 0.25) is 5.91 Å². The Morgan fingerprint density at radius 1 is 0.414 bits per heavy atom. The quantitative estimate of drug-likeness (QED) is 0.0420. The highest BCUT2D eigenvalue weighted by Crippen LogP contribution is 2.17. The standard InChI is InChI=1S/C52H103NO5/c1-3-5-7-9-11-13-15-17-19-20-21-22-23-25-28-32-36-40-44-50(55)49(48-54)53-51(56)45-41-37-33-29-27-31-35-39-43-47-58-52(57)46-42-38-34-30-26-24-18-16-14-12-10-8-6-4-2/h49-50,54-55H,3-48H2,1-2H3,(H,53,56). The average molecular weight is 822 g/mol. The van der Waals surface area contributed by atoms with Crippen molar-refractivity contribution in [1.82, 2.24) is 5.32 Å². The topological polar surface area (TPSA) is 95.9 Å². The Kier molecular flexibility index (Phi) is 47.6. The fourth-order valence-corrected chi connectivity index (χ4v) is 8.35. The lowest BCUT2D eigenvalue weighted by molar-refractivity contribution is -0.143. The first-order valence-corrected chi connectivity index (χ1v) is 26.3. The number of aliphatic hydroxyl groups excluding tert-OH is 2. The van der Waals surface area contributed by atoms with Crippen molar-refractivity contribution in [2.75, 3.05) is 13.2 Å². The summed E-state index contributed by atoms with van der Waals surface area (Å²) in [5.74, 6) is -0.0808. The fraction of sp³-hybridized carbons (Fsp3) is 0.962. The lowest BCUT2D eigenvalue weighted by atomic mass is 10.0. The molecule has 6 heteroatoms. The Morgan fingerprint density at radius 2 is 0.707 bits per heavy atom. The normalized spacial score (nSPS) is 12.6. The van der Waals surface area contributed by atoms with E-state index in [0.29, 0.717) is 25.9 Å². The van der Waals surface area contributed by atoms with Crippen LogP contribution in [-0.4, -0.2) is 47.4 Å². The molecule has 2 unspecified atom stereocenters. The highest BCUT2D eigenvalue weighted by atomic mass is 16.5. The number of amides is 1. The van der Waals surface area contributed by atoms with Gasteiger partial charge in [0, 0.05) is 12.8 Å². The van der Waals surface area contributed by atoms with Crippen LogP contribution < -0.4 is 5.32 Å². The van der Waals surface area contributed by atoms with E-state index >= 15 is 0 Å². The molecule has 0 fully saturated rings. The summed E-state index contributed by atoms with van der Waals surface area (Å²) in [5.41, 5.74) is 0. The van der Waals surface area contributed by atoms with Crippen molar-refractivity contribution >= 4 is 11.9 Å². The molecule has 0 aliphatic carbocycles. The molecule has 6 nitrogen and oxygen atoms in total. The average Bonchev–Trinajstić information content (AvgIpc) is 3.22. The molecule has 0 rings (SSSR count). The molecule has 0 aromatic rings. The number of hydrogen-bond donors (Lipinski definition) is 3. The van der Waals surface area contributed by atoms with Crippen molar-refractivity contribution in [3.63, 3.8) is 0 Å². The zero-order chi connectivity index (χ0) is 42.3.